The zero-order chi connectivity index (χ0) is 17.2. The number of ether oxygens (including phenoxy) is 1. The second kappa shape index (κ2) is 6.76. The number of pyridine rings is 1. The standard InChI is InChI=1S/C20H22N4O/c1-13-9-15(3-4-19(13)25-16-5-7-21-8-6-16)20-17-10-14(2)22-11-18(17)23-12-24-20/h3-4,9-12,16,21H,5-8H2,1-2H3. The van der Waals surface area contributed by atoms with Gasteiger partial charge in [-0.3, -0.25) is 4.98 Å². The van der Waals surface area contributed by atoms with Crippen molar-refractivity contribution >= 4 is 10.9 Å². The van der Waals surface area contributed by atoms with E-state index in [-0.39, 0.29) is 0 Å². The van der Waals surface area contributed by atoms with E-state index in [2.05, 4.69) is 45.4 Å². The van der Waals surface area contributed by atoms with Crippen LogP contribution in [0.15, 0.2) is 36.8 Å². The molecule has 1 aromatic carbocycles. The monoisotopic (exact) mass is 334 g/mol. The summed E-state index contributed by atoms with van der Waals surface area (Å²) in [6.45, 7) is 6.14. The molecule has 0 aliphatic carbocycles. The first-order chi connectivity index (χ1) is 12.2. The third kappa shape index (κ3) is 3.33. The van der Waals surface area contributed by atoms with Crippen molar-refractivity contribution in [2.24, 2.45) is 0 Å². The minimum atomic E-state index is 0.305. The van der Waals surface area contributed by atoms with E-state index in [0.29, 0.717) is 6.10 Å². The third-order valence-electron chi connectivity index (χ3n) is 4.69. The largest absolute Gasteiger partial charge is 0.490 e. The van der Waals surface area contributed by atoms with Crippen LogP contribution in [-0.2, 0) is 0 Å². The van der Waals surface area contributed by atoms with Gasteiger partial charge in [-0.15, -0.1) is 0 Å². The van der Waals surface area contributed by atoms with Gasteiger partial charge in [-0.1, -0.05) is 0 Å². The summed E-state index contributed by atoms with van der Waals surface area (Å²) >= 11 is 0. The van der Waals surface area contributed by atoms with Crippen molar-refractivity contribution in [3.63, 3.8) is 0 Å². The Morgan fingerprint density at radius 2 is 1.88 bits per heavy atom. The quantitative estimate of drug-likeness (QED) is 0.795. The molecule has 1 fully saturated rings. The topological polar surface area (TPSA) is 59.9 Å². The molecule has 4 rings (SSSR count). The number of nitrogens with zero attached hydrogens (tertiary/aromatic N) is 3. The summed E-state index contributed by atoms with van der Waals surface area (Å²) in [5.74, 6) is 0.965. The van der Waals surface area contributed by atoms with Gasteiger partial charge in [-0.05, 0) is 69.6 Å². The number of hydrogen-bond donors (Lipinski definition) is 1. The Labute approximate surface area is 147 Å². The molecule has 0 bridgehead atoms. The molecule has 3 heterocycles. The van der Waals surface area contributed by atoms with Crippen LogP contribution in [0, 0.1) is 13.8 Å². The SMILES string of the molecule is Cc1cc2c(-c3ccc(OC4CCNCC4)c(C)c3)ncnc2cn1. The van der Waals surface area contributed by atoms with E-state index < -0.39 is 0 Å². The Hall–Kier alpha value is -2.53. The van der Waals surface area contributed by atoms with Crippen LogP contribution in [0.2, 0.25) is 0 Å². The van der Waals surface area contributed by atoms with Gasteiger partial charge >= 0.3 is 0 Å². The highest BCUT2D eigenvalue weighted by Gasteiger charge is 2.16. The predicted octanol–water partition coefficient (Wildman–Crippen LogP) is 3.44. The molecule has 0 saturated carbocycles. The van der Waals surface area contributed by atoms with Crippen molar-refractivity contribution in [3.8, 4) is 17.0 Å². The second-order valence-corrected chi connectivity index (χ2v) is 6.61. The summed E-state index contributed by atoms with van der Waals surface area (Å²) in [7, 11) is 0. The van der Waals surface area contributed by atoms with Gasteiger partial charge in [0.15, 0.2) is 0 Å². The lowest BCUT2D eigenvalue weighted by atomic mass is 10.0. The number of aromatic nitrogens is 3. The molecule has 0 atom stereocenters. The van der Waals surface area contributed by atoms with Crippen LogP contribution in [0.4, 0.5) is 0 Å². The fourth-order valence-electron chi connectivity index (χ4n) is 3.32. The van der Waals surface area contributed by atoms with Crippen molar-refractivity contribution in [1.82, 2.24) is 20.3 Å². The minimum Gasteiger partial charge on any atom is -0.490 e. The zero-order valence-electron chi connectivity index (χ0n) is 14.6. The molecule has 0 radical (unpaired) electrons. The number of rotatable bonds is 3. The summed E-state index contributed by atoms with van der Waals surface area (Å²) < 4.78 is 6.20. The van der Waals surface area contributed by atoms with E-state index in [9.17, 15) is 0 Å². The normalized spacial score (nSPS) is 15.4. The highest BCUT2D eigenvalue weighted by Crippen LogP contribution is 2.30. The molecule has 0 spiro atoms. The third-order valence-corrected chi connectivity index (χ3v) is 4.69. The summed E-state index contributed by atoms with van der Waals surface area (Å²) in [5, 5.41) is 4.40. The van der Waals surface area contributed by atoms with E-state index in [1.807, 2.05) is 13.0 Å². The Morgan fingerprint density at radius 3 is 2.68 bits per heavy atom. The van der Waals surface area contributed by atoms with Gasteiger partial charge in [-0.25, -0.2) is 9.97 Å². The Morgan fingerprint density at radius 1 is 1.04 bits per heavy atom. The number of hydrogen-bond acceptors (Lipinski definition) is 5. The molecule has 5 heteroatoms. The number of aryl methyl sites for hydroxylation is 2. The molecule has 1 aliphatic heterocycles. The number of nitrogens with one attached hydrogen (secondary N) is 1. The number of piperidine rings is 1. The molecule has 0 amide bonds. The molecule has 0 unspecified atom stereocenters. The molecule has 128 valence electrons. The van der Waals surface area contributed by atoms with Crippen molar-refractivity contribution < 1.29 is 4.74 Å². The fraction of sp³-hybridized carbons (Fsp3) is 0.350. The Balaban J connectivity index is 1.67. The maximum atomic E-state index is 6.20. The van der Waals surface area contributed by atoms with E-state index in [4.69, 9.17) is 4.74 Å². The van der Waals surface area contributed by atoms with E-state index in [0.717, 1.165) is 65.1 Å². The van der Waals surface area contributed by atoms with E-state index >= 15 is 0 Å². The van der Waals surface area contributed by atoms with Gasteiger partial charge in [0.1, 0.15) is 18.2 Å². The molecule has 2 aromatic heterocycles. The average Bonchev–Trinajstić information content (AvgIpc) is 2.64. The molecule has 1 saturated heterocycles. The minimum absolute atomic E-state index is 0.305. The molecule has 1 N–H and O–H groups in total. The van der Waals surface area contributed by atoms with Crippen molar-refractivity contribution in [3.05, 3.63) is 48.0 Å². The average molecular weight is 334 g/mol. The van der Waals surface area contributed by atoms with Crippen molar-refractivity contribution in [2.45, 2.75) is 32.8 Å². The summed E-state index contributed by atoms with van der Waals surface area (Å²) in [5.41, 5.74) is 4.98. The van der Waals surface area contributed by atoms with Gasteiger partial charge in [0.05, 0.1) is 17.4 Å². The maximum absolute atomic E-state index is 6.20. The van der Waals surface area contributed by atoms with Gasteiger partial charge in [0, 0.05) is 16.6 Å². The van der Waals surface area contributed by atoms with Crippen LogP contribution >= 0.6 is 0 Å². The van der Waals surface area contributed by atoms with Crippen LogP contribution in [0.1, 0.15) is 24.1 Å². The van der Waals surface area contributed by atoms with Crippen LogP contribution in [-0.4, -0.2) is 34.1 Å². The van der Waals surface area contributed by atoms with Crippen LogP contribution in [0.25, 0.3) is 22.2 Å². The fourth-order valence-corrected chi connectivity index (χ4v) is 3.32. The highest BCUT2D eigenvalue weighted by atomic mass is 16.5. The van der Waals surface area contributed by atoms with E-state index in [1.165, 1.54) is 0 Å². The maximum Gasteiger partial charge on any atom is 0.122 e. The van der Waals surface area contributed by atoms with Crippen LogP contribution in [0.5, 0.6) is 5.75 Å². The molecule has 3 aromatic rings. The molecular weight excluding hydrogens is 312 g/mol. The van der Waals surface area contributed by atoms with Gasteiger partial charge in [0.2, 0.25) is 0 Å². The predicted molar refractivity (Wildman–Crippen MR) is 98.8 cm³/mol. The summed E-state index contributed by atoms with van der Waals surface area (Å²) in [6, 6.07) is 8.34. The summed E-state index contributed by atoms with van der Waals surface area (Å²) in [6.07, 6.45) is 5.83. The first-order valence-electron chi connectivity index (χ1n) is 8.76. The number of benzene rings is 1. The Bertz CT molecular complexity index is 903. The molecule has 5 nitrogen and oxygen atoms in total. The molecule has 25 heavy (non-hydrogen) atoms. The first kappa shape index (κ1) is 16.0. The Kier molecular flexibility index (Phi) is 4.32. The van der Waals surface area contributed by atoms with Crippen LogP contribution in [0.3, 0.4) is 0 Å². The number of fused-ring (bicyclic) bond motifs is 1. The summed E-state index contributed by atoms with van der Waals surface area (Å²) in [4.78, 5) is 13.2. The first-order valence-corrected chi connectivity index (χ1v) is 8.76. The molecular formula is C20H22N4O. The lowest BCUT2D eigenvalue weighted by Gasteiger charge is -2.24. The second-order valence-electron chi connectivity index (χ2n) is 6.61. The zero-order valence-corrected chi connectivity index (χ0v) is 14.6. The van der Waals surface area contributed by atoms with Crippen LogP contribution < -0.4 is 10.1 Å². The van der Waals surface area contributed by atoms with Gasteiger partial charge in [-0.2, -0.15) is 0 Å². The molecule has 1 aliphatic rings. The van der Waals surface area contributed by atoms with Crippen molar-refractivity contribution in [2.75, 3.05) is 13.1 Å². The van der Waals surface area contributed by atoms with Gasteiger partial charge < -0.3 is 10.1 Å². The lowest BCUT2D eigenvalue weighted by Crippen LogP contribution is -2.34. The lowest BCUT2D eigenvalue weighted by molar-refractivity contribution is 0.161. The smallest absolute Gasteiger partial charge is 0.122 e. The highest BCUT2D eigenvalue weighted by molar-refractivity contribution is 5.92. The van der Waals surface area contributed by atoms with Crippen molar-refractivity contribution in [1.29, 1.82) is 0 Å². The van der Waals surface area contributed by atoms with E-state index in [1.54, 1.807) is 12.5 Å². The van der Waals surface area contributed by atoms with Gasteiger partial charge in [0.25, 0.3) is 0 Å².